The number of rotatable bonds is 8. The number of pyridine rings is 1. The van der Waals surface area contributed by atoms with Gasteiger partial charge in [-0.25, -0.2) is 0 Å². The molecule has 1 aromatic heterocycles. The monoisotopic (exact) mass is 446 g/mol. The summed E-state index contributed by atoms with van der Waals surface area (Å²) in [5.41, 5.74) is 9.59. The third-order valence-corrected chi connectivity index (χ3v) is 4.98. The van der Waals surface area contributed by atoms with E-state index in [2.05, 4.69) is 36.2 Å². The Labute approximate surface area is 194 Å². The van der Waals surface area contributed by atoms with Gasteiger partial charge in [-0.15, -0.1) is 0 Å². The molecule has 1 unspecified atom stereocenters. The number of hydrogen-bond donors (Lipinski definition) is 2. The van der Waals surface area contributed by atoms with Crippen LogP contribution < -0.4 is 15.8 Å². The van der Waals surface area contributed by atoms with Gasteiger partial charge < -0.3 is 20.6 Å². The van der Waals surface area contributed by atoms with Crippen LogP contribution in [-0.2, 0) is 21.7 Å². The van der Waals surface area contributed by atoms with Crippen LogP contribution in [-0.4, -0.2) is 22.8 Å². The van der Waals surface area contributed by atoms with Crippen molar-refractivity contribution in [3.05, 3.63) is 89.7 Å². The highest BCUT2D eigenvalue weighted by atomic mass is 16.6. The summed E-state index contributed by atoms with van der Waals surface area (Å²) in [6.45, 7) is 8.46. The average Bonchev–Trinajstić information content (AvgIpc) is 2.81. The Kier molecular flexibility index (Phi) is 7.66. The summed E-state index contributed by atoms with van der Waals surface area (Å²) in [6, 6.07) is 18.7. The number of nitrogens with two attached hydrogens (primary N) is 1. The predicted octanol–water partition coefficient (Wildman–Crippen LogP) is 4.62. The molecule has 1 amide bonds. The second kappa shape index (κ2) is 10.6. The number of nitrogens with one attached hydrogen (secondary N) is 1. The molecule has 0 aliphatic carbocycles. The molecular formula is C26H30N4O3. The van der Waals surface area contributed by atoms with E-state index in [1.54, 1.807) is 43.6 Å². The Balaban J connectivity index is 1.51. The van der Waals surface area contributed by atoms with Crippen molar-refractivity contribution in [1.29, 1.82) is 0 Å². The van der Waals surface area contributed by atoms with Crippen LogP contribution in [0.3, 0.4) is 0 Å². The van der Waals surface area contributed by atoms with Gasteiger partial charge in [0, 0.05) is 29.2 Å². The molecule has 0 bridgehead atoms. The molecule has 0 saturated heterocycles. The second-order valence-electron chi connectivity index (χ2n) is 8.72. The number of carbonyl (C=O) groups is 1. The Hall–Kier alpha value is -3.87. The molecule has 1 heterocycles. The maximum atomic E-state index is 12.4. The molecule has 0 aliphatic rings. The maximum Gasteiger partial charge on any atom is 0.267 e. The number of hydrogen-bond acceptors (Lipinski definition) is 5. The molecule has 0 spiro atoms. The minimum absolute atomic E-state index is 0.0505. The lowest BCUT2D eigenvalue weighted by molar-refractivity contribution is -0.126. The van der Waals surface area contributed by atoms with Gasteiger partial charge in [0.25, 0.3) is 5.91 Å². The van der Waals surface area contributed by atoms with Gasteiger partial charge in [-0.3, -0.25) is 9.78 Å². The van der Waals surface area contributed by atoms with E-state index < -0.39 is 6.10 Å². The normalized spacial score (nSPS) is 12.7. The Morgan fingerprint density at radius 2 is 1.79 bits per heavy atom. The van der Waals surface area contributed by atoms with Crippen LogP contribution in [0.15, 0.2) is 78.2 Å². The highest BCUT2D eigenvalue weighted by Crippen LogP contribution is 2.23. The number of carbonyl (C=O) groups excluding carboxylic acids is 1. The van der Waals surface area contributed by atoms with Crippen LogP contribution in [0.1, 0.15) is 44.4 Å². The number of ether oxygens (including phenoxy) is 1. The van der Waals surface area contributed by atoms with Crippen molar-refractivity contribution in [1.82, 2.24) is 4.98 Å². The van der Waals surface area contributed by atoms with Gasteiger partial charge in [-0.1, -0.05) is 44.1 Å². The first-order valence-corrected chi connectivity index (χ1v) is 10.8. The standard InChI is InChI=1S/C26H30N4O3/c1-18(25(31)29-22-11-9-21(10-12-22)26(2,3)4)33-30-24(27)20-7-13-23(14-8-20)32-17-19-6-5-15-28-16-19/h5-16,18H,17H2,1-4H3,(H2,27,30)(H,29,31). The van der Waals surface area contributed by atoms with Crippen molar-refractivity contribution in [2.75, 3.05) is 5.32 Å². The molecular weight excluding hydrogens is 416 g/mol. The highest BCUT2D eigenvalue weighted by Gasteiger charge is 2.16. The SMILES string of the molecule is CC(O/N=C(/N)c1ccc(OCc2cccnc2)cc1)C(=O)Nc1ccc(C(C)(C)C)cc1. The Morgan fingerprint density at radius 1 is 1.09 bits per heavy atom. The smallest absolute Gasteiger partial charge is 0.267 e. The first-order chi connectivity index (χ1) is 15.7. The second-order valence-corrected chi connectivity index (χ2v) is 8.72. The number of aromatic nitrogens is 1. The third-order valence-electron chi connectivity index (χ3n) is 4.98. The van der Waals surface area contributed by atoms with Crippen LogP contribution >= 0.6 is 0 Å². The van der Waals surface area contributed by atoms with Gasteiger partial charge in [0.15, 0.2) is 5.84 Å². The van der Waals surface area contributed by atoms with Crippen LogP contribution in [0.4, 0.5) is 5.69 Å². The van der Waals surface area contributed by atoms with Crippen molar-refractivity contribution in [3.63, 3.8) is 0 Å². The molecule has 0 aliphatic heterocycles. The quantitative estimate of drug-likeness (QED) is 0.299. The predicted molar refractivity (Wildman–Crippen MR) is 130 cm³/mol. The van der Waals surface area contributed by atoms with Gasteiger partial charge in [0.05, 0.1) is 0 Å². The average molecular weight is 447 g/mol. The molecule has 33 heavy (non-hydrogen) atoms. The van der Waals surface area contributed by atoms with Crippen molar-refractivity contribution in [2.24, 2.45) is 10.9 Å². The number of oxime groups is 1. The molecule has 0 saturated carbocycles. The number of anilines is 1. The molecule has 7 nitrogen and oxygen atoms in total. The fourth-order valence-electron chi connectivity index (χ4n) is 2.91. The van der Waals surface area contributed by atoms with Gasteiger partial charge in [-0.05, 0) is 60.4 Å². The van der Waals surface area contributed by atoms with E-state index in [-0.39, 0.29) is 17.2 Å². The van der Waals surface area contributed by atoms with Gasteiger partial charge in [0.1, 0.15) is 12.4 Å². The fourth-order valence-corrected chi connectivity index (χ4v) is 2.91. The highest BCUT2D eigenvalue weighted by molar-refractivity contribution is 5.97. The summed E-state index contributed by atoms with van der Waals surface area (Å²) < 4.78 is 5.73. The van der Waals surface area contributed by atoms with Crippen molar-refractivity contribution in [2.45, 2.75) is 45.8 Å². The number of amidine groups is 1. The van der Waals surface area contributed by atoms with Crippen LogP contribution in [0.25, 0.3) is 0 Å². The molecule has 7 heteroatoms. The topological polar surface area (TPSA) is 98.8 Å². The first-order valence-electron chi connectivity index (χ1n) is 10.8. The zero-order valence-corrected chi connectivity index (χ0v) is 19.4. The lowest BCUT2D eigenvalue weighted by Crippen LogP contribution is -2.27. The zero-order chi connectivity index (χ0) is 23.8. The van der Waals surface area contributed by atoms with Crippen molar-refractivity contribution >= 4 is 17.4 Å². The summed E-state index contributed by atoms with van der Waals surface area (Å²) in [4.78, 5) is 21.8. The lowest BCUT2D eigenvalue weighted by atomic mass is 9.87. The zero-order valence-electron chi connectivity index (χ0n) is 19.4. The van der Waals surface area contributed by atoms with Crippen LogP contribution in [0.5, 0.6) is 5.75 Å². The third kappa shape index (κ3) is 7.07. The van der Waals surface area contributed by atoms with E-state index in [1.807, 2.05) is 36.4 Å². The van der Waals surface area contributed by atoms with E-state index in [9.17, 15) is 4.79 Å². The number of nitrogens with zero attached hydrogens (tertiary/aromatic N) is 2. The molecule has 3 aromatic rings. The number of benzene rings is 2. The van der Waals surface area contributed by atoms with Gasteiger partial charge in [-0.2, -0.15) is 0 Å². The molecule has 3 N–H and O–H groups in total. The number of amides is 1. The summed E-state index contributed by atoms with van der Waals surface area (Å²) in [5, 5.41) is 6.74. The van der Waals surface area contributed by atoms with Gasteiger partial charge in [0.2, 0.25) is 6.10 Å². The van der Waals surface area contributed by atoms with Crippen LogP contribution in [0, 0.1) is 0 Å². The van der Waals surface area contributed by atoms with Gasteiger partial charge >= 0.3 is 0 Å². The Morgan fingerprint density at radius 3 is 2.39 bits per heavy atom. The minimum atomic E-state index is -0.812. The summed E-state index contributed by atoms with van der Waals surface area (Å²) in [6.07, 6.45) is 2.67. The van der Waals surface area contributed by atoms with E-state index >= 15 is 0 Å². The van der Waals surface area contributed by atoms with E-state index in [4.69, 9.17) is 15.3 Å². The molecule has 0 radical (unpaired) electrons. The summed E-state index contributed by atoms with van der Waals surface area (Å²) >= 11 is 0. The largest absolute Gasteiger partial charge is 0.489 e. The van der Waals surface area contributed by atoms with Crippen molar-refractivity contribution in [3.8, 4) is 5.75 Å². The first kappa shape index (κ1) is 23.8. The fraction of sp³-hybridized carbons (Fsp3) is 0.269. The summed E-state index contributed by atoms with van der Waals surface area (Å²) in [5.74, 6) is 0.554. The molecule has 172 valence electrons. The van der Waals surface area contributed by atoms with E-state index in [0.717, 1.165) is 5.56 Å². The maximum absolute atomic E-state index is 12.4. The lowest BCUT2D eigenvalue weighted by Gasteiger charge is -2.19. The van der Waals surface area contributed by atoms with E-state index in [0.29, 0.717) is 23.6 Å². The minimum Gasteiger partial charge on any atom is -0.489 e. The van der Waals surface area contributed by atoms with E-state index in [1.165, 1.54) is 5.56 Å². The Bertz CT molecular complexity index is 1070. The molecule has 3 rings (SSSR count). The molecule has 2 aromatic carbocycles. The molecule has 0 fully saturated rings. The summed E-state index contributed by atoms with van der Waals surface area (Å²) in [7, 11) is 0. The molecule has 1 atom stereocenters. The van der Waals surface area contributed by atoms with Crippen LogP contribution in [0.2, 0.25) is 0 Å². The van der Waals surface area contributed by atoms with Crippen molar-refractivity contribution < 1.29 is 14.4 Å².